The fraction of sp³-hybridized carbons (Fsp3) is 0.562. The van der Waals surface area contributed by atoms with E-state index in [1.54, 1.807) is 12.1 Å². The molecule has 2 nitrogen and oxygen atoms in total. The van der Waals surface area contributed by atoms with Gasteiger partial charge in [0, 0.05) is 12.1 Å². The van der Waals surface area contributed by atoms with Crippen molar-refractivity contribution in [1.82, 2.24) is 5.32 Å². The Bertz CT molecular complexity index is 512. The highest BCUT2D eigenvalue weighted by atomic mass is 19.1. The average Bonchev–Trinajstić information content (AvgIpc) is 3.03. The van der Waals surface area contributed by atoms with Crippen LogP contribution in [0.3, 0.4) is 0 Å². The van der Waals surface area contributed by atoms with Crippen LogP contribution in [0.25, 0.3) is 0 Å². The molecule has 4 rings (SSSR count). The highest BCUT2D eigenvalue weighted by Gasteiger charge is 2.60. The number of amides is 1. The summed E-state index contributed by atoms with van der Waals surface area (Å²) >= 11 is 0. The number of hydrogen-bond acceptors (Lipinski definition) is 1. The van der Waals surface area contributed by atoms with Crippen LogP contribution >= 0.6 is 0 Å². The van der Waals surface area contributed by atoms with Gasteiger partial charge in [-0.05, 0) is 73.1 Å². The van der Waals surface area contributed by atoms with E-state index in [4.69, 9.17) is 0 Å². The lowest BCUT2D eigenvalue weighted by atomic mass is 9.88. The molecule has 1 N–H and O–H groups in total. The summed E-state index contributed by atoms with van der Waals surface area (Å²) in [4.78, 5) is 12.0. The lowest BCUT2D eigenvalue weighted by molar-refractivity contribution is 0.0941. The normalized spacial score (nSPS) is 38.1. The van der Waals surface area contributed by atoms with Crippen molar-refractivity contribution >= 4 is 5.91 Å². The van der Waals surface area contributed by atoms with Crippen LogP contribution in [0.2, 0.25) is 0 Å². The van der Waals surface area contributed by atoms with Gasteiger partial charge in [0.25, 0.3) is 5.91 Å². The fourth-order valence-electron chi connectivity index (χ4n) is 4.51. The maximum absolute atomic E-state index is 12.8. The third kappa shape index (κ3) is 1.87. The Kier molecular flexibility index (Phi) is 2.44. The van der Waals surface area contributed by atoms with Gasteiger partial charge in [-0.2, -0.15) is 0 Å². The van der Waals surface area contributed by atoms with Crippen LogP contribution < -0.4 is 5.32 Å². The maximum atomic E-state index is 12.8. The first-order valence-corrected chi connectivity index (χ1v) is 7.26. The standard InChI is InChI=1S/C16H18FNO/c17-12-3-1-9(2-4-12)16(19)18-8-11-5-10-6-13(11)15-7-14(10)15/h1-4,10-11,13-15H,5-8H2,(H,18,19)/t10-,11+,13-,14+,15-/m0/s1. The third-order valence-electron chi connectivity index (χ3n) is 5.46. The Hall–Kier alpha value is -1.38. The predicted molar refractivity (Wildman–Crippen MR) is 70.0 cm³/mol. The summed E-state index contributed by atoms with van der Waals surface area (Å²) in [5, 5.41) is 3.02. The Morgan fingerprint density at radius 3 is 2.58 bits per heavy atom. The summed E-state index contributed by atoms with van der Waals surface area (Å²) < 4.78 is 12.8. The monoisotopic (exact) mass is 259 g/mol. The molecule has 19 heavy (non-hydrogen) atoms. The second-order valence-corrected chi connectivity index (χ2v) is 6.44. The molecule has 0 spiro atoms. The zero-order chi connectivity index (χ0) is 13.0. The van der Waals surface area contributed by atoms with E-state index in [9.17, 15) is 9.18 Å². The predicted octanol–water partition coefficient (Wildman–Crippen LogP) is 2.85. The molecule has 5 atom stereocenters. The summed E-state index contributed by atoms with van der Waals surface area (Å²) in [7, 11) is 0. The van der Waals surface area contributed by atoms with Crippen molar-refractivity contribution in [3.8, 4) is 0 Å². The second kappa shape index (κ2) is 4.06. The minimum atomic E-state index is -0.301. The minimum Gasteiger partial charge on any atom is -0.352 e. The van der Waals surface area contributed by atoms with E-state index in [2.05, 4.69) is 5.32 Å². The van der Waals surface area contributed by atoms with Crippen molar-refractivity contribution in [1.29, 1.82) is 0 Å². The van der Waals surface area contributed by atoms with E-state index in [1.165, 1.54) is 31.4 Å². The zero-order valence-corrected chi connectivity index (χ0v) is 10.8. The Balaban J connectivity index is 1.35. The van der Waals surface area contributed by atoms with Crippen molar-refractivity contribution in [2.75, 3.05) is 6.54 Å². The molecule has 0 heterocycles. The van der Waals surface area contributed by atoms with E-state index in [0.717, 1.165) is 30.2 Å². The molecule has 0 aliphatic heterocycles. The number of carbonyl (C=O) groups is 1. The molecule has 0 unspecified atom stereocenters. The molecule has 3 fully saturated rings. The van der Waals surface area contributed by atoms with Gasteiger partial charge in [0.15, 0.2) is 0 Å². The van der Waals surface area contributed by atoms with Crippen LogP contribution in [-0.4, -0.2) is 12.5 Å². The summed E-state index contributed by atoms with van der Waals surface area (Å²) in [6.07, 6.45) is 4.14. The molecule has 0 aromatic heterocycles. The molecular weight excluding hydrogens is 241 g/mol. The largest absolute Gasteiger partial charge is 0.352 e. The topological polar surface area (TPSA) is 29.1 Å². The number of halogens is 1. The van der Waals surface area contributed by atoms with Gasteiger partial charge in [0.05, 0.1) is 0 Å². The first-order chi connectivity index (χ1) is 9.22. The summed E-state index contributed by atoms with van der Waals surface area (Å²) in [6.45, 7) is 0.792. The van der Waals surface area contributed by atoms with Crippen molar-refractivity contribution in [2.45, 2.75) is 19.3 Å². The van der Waals surface area contributed by atoms with E-state index >= 15 is 0 Å². The molecule has 3 aliphatic carbocycles. The summed E-state index contributed by atoms with van der Waals surface area (Å²) in [6, 6.07) is 5.76. The maximum Gasteiger partial charge on any atom is 0.251 e. The molecule has 1 aromatic rings. The van der Waals surface area contributed by atoms with Crippen LogP contribution in [0.4, 0.5) is 4.39 Å². The smallest absolute Gasteiger partial charge is 0.251 e. The van der Waals surface area contributed by atoms with E-state index in [-0.39, 0.29) is 11.7 Å². The van der Waals surface area contributed by atoms with Crippen molar-refractivity contribution < 1.29 is 9.18 Å². The zero-order valence-electron chi connectivity index (χ0n) is 10.8. The van der Waals surface area contributed by atoms with Gasteiger partial charge in [-0.15, -0.1) is 0 Å². The van der Waals surface area contributed by atoms with Gasteiger partial charge in [0.2, 0.25) is 0 Å². The molecule has 3 aliphatic rings. The average molecular weight is 259 g/mol. The van der Waals surface area contributed by atoms with Gasteiger partial charge < -0.3 is 5.32 Å². The molecule has 2 bridgehead atoms. The van der Waals surface area contributed by atoms with E-state index in [0.29, 0.717) is 11.5 Å². The Morgan fingerprint density at radius 1 is 1.11 bits per heavy atom. The molecule has 0 saturated heterocycles. The quantitative estimate of drug-likeness (QED) is 0.888. The van der Waals surface area contributed by atoms with Crippen LogP contribution in [0.5, 0.6) is 0 Å². The van der Waals surface area contributed by atoms with Crippen LogP contribution in [-0.2, 0) is 0 Å². The number of benzene rings is 1. The lowest BCUT2D eigenvalue weighted by Crippen LogP contribution is -2.32. The highest BCUT2D eigenvalue weighted by molar-refractivity contribution is 5.94. The first-order valence-electron chi connectivity index (χ1n) is 7.26. The van der Waals surface area contributed by atoms with Crippen LogP contribution in [0, 0.1) is 35.4 Å². The highest BCUT2D eigenvalue weighted by Crippen LogP contribution is 2.67. The van der Waals surface area contributed by atoms with Crippen LogP contribution in [0.15, 0.2) is 24.3 Å². The molecule has 3 heteroatoms. The van der Waals surface area contributed by atoms with Crippen LogP contribution in [0.1, 0.15) is 29.6 Å². The number of fused-ring (bicyclic) bond motifs is 5. The van der Waals surface area contributed by atoms with E-state index < -0.39 is 0 Å². The molecular formula is C16H18FNO. The fourth-order valence-corrected chi connectivity index (χ4v) is 4.51. The Labute approximate surface area is 112 Å². The first kappa shape index (κ1) is 11.4. The molecule has 1 amide bonds. The summed E-state index contributed by atoms with van der Waals surface area (Å²) in [5.74, 6) is 4.13. The number of nitrogens with one attached hydrogen (secondary N) is 1. The van der Waals surface area contributed by atoms with Gasteiger partial charge in [0.1, 0.15) is 5.82 Å². The van der Waals surface area contributed by atoms with E-state index in [1.807, 2.05) is 0 Å². The SMILES string of the molecule is O=C(NC[C@H]1C[C@H]2C[C@@H]1[C@@H]1C[C@H]21)c1ccc(F)cc1. The lowest BCUT2D eigenvalue weighted by Gasteiger charge is -2.21. The van der Waals surface area contributed by atoms with Crippen molar-refractivity contribution in [3.63, 3.8) is 0 Å². The van der Waals surface area contributed by atoms with Gasteiger partial charge in [-0.25, -0.2) is 4.39 Å². The third-order valence-corrected chi connectivity index (χ3v) is 5.46. The number of rotatable bonds is 3. The minimum absolute atomic E-state index is 0.0740. The van der Waals surface area contributed by atoms with Crippen molar-refractivity contribution in [3.05, 3.63) is 35.6 Å². The van der Waals surface area contributed by atoms with Crippen molar-refractivity contribution in [2.24, 2.45) is 29.6 Å². The molecule has 1 aromatic carbocycles. The molecule has 0 radical (unpaired) electrons. The second-order valence-electron chi connectivity index (χ2n) is 6.44. The number of hydrogen-bond donors (Lipinski definition) is 1. The summed E-state index contributed by atoms with van der Waals surface area (Å²) in [5.41, 5.74) is 0.550. The van der Waals surface area contributed by atoms with Gasteiger partial charge >= 0.3 is 0 Å². The number of carbonyl (C=O) groups excluding carboxylic acids is 1. The van der Waals surface area contributed by atoms with Gasteiger partial charge in [-0.3, -0.25) is 4.79 Å². The molecule has 3 saturated carbocycles. The molecule has 100 valence electrons. The van der Waals surface area contributed by atoms with Gasteiger partial charge in [-0.1, -0.05) is 0 Å². The Morgan fingerprint density at radius 2 is 1.89 bits per heavy atom.